The van der Waals surface area contributed by atoms with Crippen molar-refractivity contribution in [1.82, 2.24) is 5.32 Å². The predicted molar refractivity (Wildman–Crippen MR) is 86.5 cm³/mol. The van der Waals surface area contributed by atoms with Gasteiger partial charge >= 0.3 is 5.97 Å². The first kappa shape index (κ1) is 16.7. The molecule has 0 aliphatic heterocycles. The van der Waals surface area contributed by atoms with Crippen LogP contribution in [0.15, 0.2) is 18.2 Å². The lowest BCUT2D eigenvalue weighted by Gasteiger charge is -2.23. The highest BCUT2D eigenvalue weighted by molar-refractivity contribution is 7.80. The molecule has 0 unspecified atom stereocenters. The maximum absolute atomic E-state index is 11.6. The van der Waals surface area contributed by atoms with Gasteiger partial charge < -0.3 is 15.4 Å². The standard InChI is InChI=1S/C14H19ClN2O2S/c1-5-19-12(18)10-7-6-9(8-11(10)15)16-13(20)17-14(2,3)4/h6-8H,5H2,1-4H3,(H2,16,17,20). The molecule has 0 saturated carbocycles. The van der Waals surface area contributed by atoms with Gasteiger partial charge in [-0.2, -0.15) is 0 Å². The molecule has 0 radical (unpaired) electrons. The summed E-state index contributed by atoms with van der Waals surface area (Å²) < 4.78 is 4.91. The number of hydrogen-bond acceptors (Lipinski definition) is 3. The normalized spacial score (nSPS) is 10.8. The zero-order valence-corrected chi connectivity index (χ0v) is 13.6. The van der Waals surface area contributed by atoms with E-state index in [1.54, 1.807) is 25.1 Å². The van der Waals surface area contributed by atoms with Gasteiger partial charge in [-0.1, -0.05) is 11.6 Å². The molecule has 20 heavy (non-hydrogen) atoms. The van der Waals surface area contributed by atoms with Gasteiger partial charge in [-0.15, -0.1) is 0 Å². The molecule has 0 saturated heterocycles. The molecule has 0 fully saturated rings. The summed E-state index contributed by atoms with van der Waals surface area (Å²) >= 11 is 11.3. The summed E-state index contributed by atoms with van der Waals surface area (Å²) in [7, 11) is 0. The number of thiocarbonyl (C=S) groups is 1. The van der Waals surface area contributed by atoms with E-state index < -0.39 is 5.97 Å². The minimum atomic E-state index is -0.431. The second-order valence-electron chi connectivity index (χ2n) is 5.24. The van der Waals surface area contributed by atoms with Crippen LogP contribution in [-0.2, 0) is 4.74 Å². The van der Waals surface area contributed by atoms with Gasteiger partial charge in [0.15, 0.2) is 5.11 Å². The lowest BCUT2D eigenvalue weighted by Crippen LogP contribution is -2.42. The highest BCUT2D eigenvalue weighted by Gasteiger charge is 2.14. The van der Waals surface area contributed by atoms with E-state index in [0.29, 0.717) is 28.0 Å². The quantitative estimate of drug-likeness (QED) is 0.659. The molecule has 0 spiro atoms. The molecule has 0 aromatic heterocycles. The van der Waals surface area contributed by atoms with Crippen molar-refractivity contribution < 1.29 is 9.53 Å². The van der Waals surface area contributed by atoms with Crippen LogP contribution >= 0.6 is 23.8 Å². The van der Waals surface area contributed by atoms with Crippen molar-refractivity contribution in [2.24, 2.45) is 0 Å². The van der Waals surface area contributed by atoms with Gasteiger partial charge in [0.2, 0.25) is 0 Å². The summed E-state index contributed by atoms with van der Waals surface area (Å²) in [5.41, 5.74) is 0.928. The molecule has 1 aromatic carbocycles. The van der Waals surface area contributed by atoms with Gasteiger partial charge in [-0.05, 0) is 58.1 Å². The Balaban J connectivity index is 2.78. The molecule has 1 aromatic rings. The SMILES string of the molecule is CCOC(=O)c1ccc(NC(=S)NC(C)(C)C)cc1Cl. The first-order chi connectivity index (χ1) is 9.23. The van der Waals surface area contributed by atoms with Gasteiger partial charge in [-0.3, -0.25) is 0 Å². The molecule has 0 amide bonds. The maximum atomic E-state index is 11.6. The van der Waals surface area contributed by atoms with Crippen molar-refractivity contribution >= 4 is 40.6 Å². The number of rotatable bonds is 3. The van der Waals surface area contributed by atoms with Gasteiger partial charge in [0, 0.05) is 11.2 Å². The van der Waals surface area contributed by atoms with E-state index in [0.717, 1.165) is 0 Å². The number of carbonyl (C=O) groups excluding carboxylic acids is 1. The van der Waals surface area contributed by atoms with Crippen LogP contribution in [0.25, 0.3) is 0 Å². The third kappa shape index (κ3) is 5.35. The minimum Gasteiger partial charge on any atom is -0.462 e. The molecule has 2 N–H and O–H groups in total. The molecule has 0 bridgehead atoms. The molecule has 1 rings (SSSR count). The molecule has 0 heterocycles. The Hall–Kier alpha value is -1.33. The number of carbonyl (C=O) groups is 1. The Morgan fingerprint density at radius 3 is 2.55 bits per heavy atom. The number of nitrogens with one attached hydrogen (secondary N) is 2. The molecule has 110 valence electrons. The summed E-state index contributed by atoms with van der Waals surface area (Å²) in [5.74, 6) is -0.431. The van der Waals surface area contributed by atoms with E-state index in [2.05, 4.69) is 10.6 Å². The van der Waals surface area contributed by atoms with Crippen molar-refractivity contribution in [2.45, 2.75) is 33.2 Å². The Morgan fingerprint density at radius 2 is 2.05 bits per heavy atom. The highest BCUT2D eigenvalue weighted by Crippen LogP contribution is 2.22. The monoisotopic (exact) mass is 314 g/mol. The van der Waals surface area contributed by atoms with Crippen molar-refractivity contribution in [2.75, 3.05) is 11.9 Å². The molecule has 6 heteroatoms. The van der Waals surface area contributed by atoms with E-state index in [9.17, 15) is 4.79 Å². The first-order valence-corrected chi connectivity index (χ1v) is 7.07. The summed E-state index contributed by atoms with van der Waals surface area (Å²) in [6.45, 7) is 8.10. The number of ether oxygens (including phenoxy) is 1. The van der Waals surface area contributed by atoms with Gasteiger partial charge in [0.1, 0.15) is 0 Å². The molecule has 0 aliphatic rings. The van der Waals surface area contributed by atoms with Crippen LogP contribution in [0.5, 0.6) is 0 Å². The van der Waals surface area contributed by atoms with Crippen LogP contribution in [0, 0.1) is 0 Å². The second-order valence-corrected chi connectivity index (χ2v) is 6.06. The fraction of sp³-hybridized carbons (Fsp3) is 0.429. The van der Waals surface area contributed by atoms with Gasteiger partial charge in [0.05, 0.1) is 17.2 Å². The van der Waals surface area contributed by atoms with E-state index >= 15 is 0 Å². The number of halogens is 1. The average Bonchev–Trinajstić information content (AvgIpc) is 2.26. The lowest BCUT2D eigenvalue weighted by molar-refractivity contribution is 0.0526. The Labute approximate surface area is 129 Å². The topological polar surface area (TPSA) is 50.4 Å². The highest BCUT2D eigenvalue weighted by atomic mass is 35.5. The van der Waals surface area contributed by atoms with E-state index in [-0.39, 0.29) is 5.54 Å². The van der Waals surface area contributed by atoms with Crippen molar-refractivity contribution in [1.29, 1.82) is 0 Å². The number of benzene rings is 1. The maximum Gasteiger partial charge on any atom is 0.339 e. The fourth-order valence-corrected chi connectivity index (χ4v) is 2.15. The van der Waals surface area contributed by atoms with Crippen LogP contribution in [-0.4, -0.2) is 23.2 Å². The predicted octanol–water partition coefficient (Wildman–Crippen LogP) is 3.60. The molecular formula is C14H19ClN2O2S. The summed E-state index contributed by atoms with van der Waals surface area (Å²) in [6, 6.07) is 4.99. The Morgan fingerprint density at radius 1 is 1.40 bits per heavy atom. The van der Waals surface area contributed by atoms with Crippen molar-refractivity contribution in [3.05, 3.63) is 28.8 Å². The number of esters is 1. The molecule has 4 nitrogen and oxygen atoms in total. The largest absolute Gasteiger partial charge is 0.462 e. The summed E-state index contributed by atoms with van der Waals surface area (Å²) in [5, 5.41) is 6.98. The molecule has 0 atom stereocenters. The fourth-order valence-electron chi connectivity index (χ4n) is 1.47. The average molecular weight is 315 g/mol. The minimum absolute atomic E-state index is 0.126. The zero-order valence-electron chi connectivity index (χ0n) is 12.0. The third-order valence-corrected chi connectivity index (χ3v) is 2.73. The van der Waals surface area contributed by atoms with Gasteiger partial charge in [0.25, 0.3) is 0 Å². The van der Waals surface area contributed by atoms with E-state index in [1.165, 1.54) is 0 Å². The molecular weight excluding hydrogens is 296 g/mol. The molecule has 0 aliphatic carbocycles. The summed E-state index contributed by atoms with van der Waals surface area (Å²) in [4.78, 5) is 11.6. The van der Waals surface area contributed by atoms with Crippen molar-refractivity contribution in [3.8, 4) is 0 Å². The van der Waals surface area contributed by atoms with Gasteiger partial charge in [-0.25, -0.2) is 4.79 Å². The zero-order chi connectivity index (χ0) is 15.3. The number of anilines is 1. The van der Waals surface area contributed by atoms with E-state index in [1.807, 2.05) is 20.8 Å². The second kappa shape index (κ2) is 6.90. The first-order valence-electron chi connectivity index (χ1n) is 6.29. The van der Waals surface area contributed by atoms with Crippen LogP contribution < -0.4 is 10.6 Å². The number of hydrogen-bond donors (Lipinski definition) is 2. The van der Waals surface area contributed by atoms with Crippen LogP contribution in [0.1, 0.15) is 38.1 Å². The van der Waals surface area contributed by atoms with Crippen LogP contribution in [0.2, 0.25) is 5.02 Å². The third-order valence-electron chi connectivity index (χ3n) is 2.21. The Kier molecular flexibility index (Phi) is 5.77. The lowest BCUT2D eigenvalue weighted by atomic mass is 10.1. The Bertz CT molecular complexity index is 512. The van der Waals surface area contributed by atoms with Crippen molar-refractivity contribution in [3.63, 3.8) is 0 Å². The summed E-state index contributed by atoms with van der Waals surface area (Å²) in [6.07, 6.45) is 0. The van der Waals surface area contributed by atoms with Crippen LogP contribution in [0.4, 0.5) is 5.69 Å². The van der Waals surface area contributed by atoms with E-state index in [4.69, 9.17) is 28.6 Å². The smallest absolute Gasteiger partial charge is 0.339 e. The van der Waals surface area contributed by atoms with Crippen LogP contribution in [0.3, 0.4) is 0 Å².